The summed E-state index contributed by atoms with van der Waals surface area (Å²) in [6, 6.07) is 8.58. The zero-order valence-corrected chi connectivity index (χ0v) is 18.5. The third kappa shape index (κ3) is 3.71. The summed E-state index contributed by atoms with van der Waals surface area (Å²) in [5, 5.41) is 0. The van der Waals surface area contributed by atoms with Gasteiger partial charge in [0.15, 0.2) is 0 Å². The van der Waals surface area contributed by atoms with Crippen molar-refractivity contribution in [1.82, 2.24) is 4.90 Å². The van der Waals surface area contributed by atoms with Gasteiger partial charge >= 0.3 is 0 Å². The topological polar surface area (TPSA) is 47.7 Å². The van der Waals surface area contributed by atoms with E-state index in [0.717, 1.165) is 48.8 Å². The Bertz CT molecular complexity index is 859. The monoisotopic (exact) mass is 394 g/mol. The molecule has 4 heteroatoms. The highest BCUT2D eigenvalue weighted by Gasteiger charge is 2.39. The number of rotatable bonds is 4. The minimum Gasteiger partial charge on any atom is -0.497 e. The van der Waals surface area contributed by atoms with Gasteiger partial charge in [-0.05, 0) is 93.9 Å². The van der Waals surface area contributed by atoms with Crippen molar-refractivity contribution in [3.8, 4) is 11.5 Å². The van der Waals surface area contributed by atoms with E-state index in [1.54, 1.807) is 7.11 Å². The zero-order valence-electron chi connectivity index (χ0n) is 18.5. The van der Waals surface area contributed by atoms with E-state index in [4.69, 9.17) is 15.2 Å². The number of ether oxygens (including phenoxy) is 2. The highest BCUT2D eigenvalue weighted by atomic mass is 16.5. The van der Waals surface area contributed by atoms with Crippen molar-refractivity contribution in [3.05, 3.63) is 52.1 Å². The number of nitrogens with two attached hydrogens (primary N) is 1. The number of anilines is 1. The molecule has 4 rings (SSSR count). The first-order valence-corrected chi connectivity index (χ1v) is 10.7. The van der Waals surface area contributed by atoms with Gasteiger partial charge in [-0.2, -0.15) is 0 Å². The van der Waals surface area contributed by atoms with Gasteiger partial charge in [-0.1, -0.05) is 12.1 Å². The molecule has 4 nitrogen and oxygen atoms in total. The molecule has 2 aromatic carbocycles. The minimum atomic E-state index is -0.176. The second-order valence-electron chi connectivity index (χ2n) is 9.15. The van der Waals surface area contributed by atoms with Crippen molar-refractivity contribution >= 4 is 5.69 Å². The van der Waals surface area contributed by atoms with E-state index in [9.17, 15) is 0 Å². The molecule has 2 heterocycles. The standard InChI is InChI=1S/C25H34N2O2/c1-16-17(2)24-22(18(3)23(16)26)14-25(4,29-24)15-27-12-10-20(11-13-27)19-6-8-21(28-5)9-7-19/h6-9,20H,10-15,26H2,1-5H3/t25-/m0/s1. The molecule has 0 aliphatic carbocycles. The smallest absolute Gasteiger partial charge is 0.127 e. The fourth-order valence-electron chi connectivity index (χ4n) is 5.08. The Balaban J connectivity index is 1.40. The SMILES string of the molecule is COc1ccc(C2CCN(C[C@]3(C)Cc4c(C)c(N)c(C)c(C)c4O3)CC2)cc1. The first-order chi connectivity index (χ1) is 13.8. The Morgan fingerprint density at radius 1 is 1.07 bits per heavy atom. The van der Waals surface area contributed by atoms with Crippen LogP contribution in [0.2, 0.25) is 0 Å². The van der Waals surface area contributed by atoms with Crippen LogP contribution in [0, 0.1) is 20.8 Å². The van der Waals surface area contributed by atoms with Crippen LogP contribution in [0.5, 0.6) is 11.5 Å². The van der Waals surface area contributed by atoms with Gasteiger partial charge in [-0.25, -0.2) is 0 Å². The summed E-state index contributed by atoms with van der Waals surface area (Å²) in [5.74, 6) is 2.64. The summed E-state index contributed by atoms with van der Waals surface area (Å²) in [7, 11) is 1.72. The molecule has 1 atom stereocenters. The molecule has 1 saturated heterocycles. The molecule has 0 bridgehead atoms. The summed E-state index contributed by atoms with van der Waals surface area (Å²) in [4.78, 5) is 2.58. The largest absolute Gasteiger partial charge is 0.497 e. The molecule has 156 valence electrons. The molecule has 0 saturated carbocycles. The van der Waals surface area contributed by atoms with Crippen LogP contribution in [0.25, 0.3) is 0 Å². The van der Waals surface area contributed by atoms with Crippen molar-refractivity contribution in [1.29, 1.82) is 0 Å². The van der Waals surface area contributed by atoms with Crippen molar-refractivity contribution in [3.63, 3.8) is 0 Å². The average Bonchev–Trinajstić information content (AvgIpc) is 3.09. The number of hydrogen-bond donors (Lipinski definition) is 1. The van der Waals surface area contributed by atoms with E-state index < -0.39 is 0 Å². The Labute approximate surface area is 175 Å². The molecule has 2 N–H and O–H groups in total. The molecule has 1 fully saturated rings. The Morgan fingerprint density at radius 2 is 1.72 bits per heavy atom. The van der Waals surface area contributed by atoms with E-state index in [1.807, 2.05) is 0 Å². The van der Waals surface area contributed by atoms with Crippen LogP contribution in [0.15, 0.2) is 24.3 Å². The van der Waals surface area contributed by atoms with Crippen LogP contribution < -0.4 is 15.2 Å². The third-order valence-corrected chi connectivity index (χ3v) is 7.07. The molecular weight excluding hydrogens is 360 g/mol. The second-order valence-corrected chi connectivity index (χ2v) is 9.15. The van der Waals surface area contributed by atoms with Gasteiger partial charge < -0.3 is 15.2 Å². The predicted octanol–water partition coefficient (Wildman–Crippen LogP) is 4.78. The molecule has 0 radical (unpaired) electrons. The van der Waals surface area contributed by atoms with Crippen LogP contribution in [0.4, 0.5) is 5.69 Å². The van der Waals surface area contributed by atoms with E-state index in [-0.39, 0.29) is 5.60 Å². The van der Waals surface area contributed by atoms with Gasteiger partial charge in [0, 0.05) is 24.2 Å². The summed E-state index contributed by atoms with van der Waals surface area (Å²) in [5.41, 5.74) is 13.4. The molecule has 0 unspecified atom stereocenters. The maximum Gasteiger partial charge on any atom is 0.127 e. The molecular formula is C25H34N2O2. The highest BCUT2D eigenvalue weighted by molar-refractivity contribution is 5.66. The van der Waals surface area contributed by atoms with E-state index in [1.165, 1.54) is 35.1 Å². The summed E-state index contributed by atoms with van der Waals surface area (Å²) in [6.07, 6.45) is 3.33. The van der Waals surface area contributed by atoms with Crippen LogP contribution in [-0.2, 0) is 6.42 Å². The quantitative estimate of drug-likeness (QED) is 0.759. The number of benzene rings is 2. The number of nitrogens with zero attached hydrogens (tertiary/aromatic N) is 1. The second kappa shape index (κ2) is 7.56. The number of likely N-dealkylation sites (tertiary alicyclic amines) is 1. The Kier molecular flexibility index (Phi) is 5.24. The van der Waals surface area contributed by atoms with Gasteiger partial charge in [0.05, 0.1) is 7.11 Å². The van der Waals surface area contributed by atoms with E-state index in [0.29, 0.717) is 5.92 Å². The zero-order chi connectivity index (χ0) is 20.8. The van der Waals surface area contributed by atoms with Crippen LogP contribution >= 0.6 is 0 Å². The van der Waals surface area contributed by atoms with E-state index >= 15 is 0 Å². The maximum absolute atomic E-state index is 6.57. The molecule has 2 aliphatic rings. The number of methoxy groups -OCH3 is 1. The van der Waals surface area contributed by atoms with Gasteiger partial charge in [0.2, 0.25) is 0 Å². The van der Waals surface area contributed by atoms with Gasteiger partial charge in [0.25, 0.3) is 0 Å². The number of hydrogen-bond acceptors (Lipinski definition) is 4. The normalized spacial score (nSPS) is 22.4. The summed E-state index contributed by atoms with van der Waals surface area (Å²) >= 11 is 0. The van der Waals surface area contributed by atoms with Gasteiger partial charge in [-0.3, -0.25) is 4.90 Å². The minimum absolute atomic E-state index is 0.176. The maximum atomic E-state index is 6.57. The molecule has 0 amide bonds. The lowest BCUT2D eigenvalue weighted by Gasteiger charge is -2.37. The molecule has 2 aliphatic heterocycles. The van der Waals surface area contributed by atoms with Gasteiger partial charge in [0.1, 0.15) is 17.1 Å². The van der Waals surface area contributed by atoms with Crippen LogP contribution in [0.3, 0.4) is 0 Å². The predicted molar refractivity (Wildman–Crippen MR) is 119 cm³/mol. The van der Waals surface area contributed by atoms with Gasteiger partial charge in [-0.15, -0.1) is 0 Å². The highest BCUT2D eigenvalue weighted by Crippen LogP contribution is 2.44. The fraction of sp³-hybridized carbons (Fsp3) is 0.520. The molecule has 0 aromatic heterocycles. The van der Waals surface area contributed by atoms with Crippen LogP contribution in [0.1, 0.15) is 53.5 Å². The Morgan fingerprint density at radius 3 is 2.34 bits per heavy atom. The van der Waals surface area contributed by atoms with Crippen molar-refractivity contribution < 1.29 is 9.47 Å². The average molecular weight is 395 g/mol. The van der Waals surface area contributed by atoms with Crippen LogP contribution in [-0.4, -0.2) is 37.2 Å². The van der Waals surface area contributed by atoms with E-state index in [2.05, 4.69) is 56.9 Å². The lowest BCUT2D eigenvalue weighted by molar-refractivity contribution is 0.0523. The lowest BCUT2D eigenvalue weighted by atomic mass is 9.88. The lowest BCUT2D eigenvalue weighted by Crippen LogP contribution is -2.47. The molecule has 0 spiro atoms. The van der Waals surface area contributed by atoms with Crippen molar-refractivity contribution in [2.24, 2.45) is 0 Å². The van der Waals surface area contributed by atoms with Crippen molar-refractivity contribution in [2.75, 3.05) is 32.5 Å². The molecule has 29 heavy (non-hydrogen) atoms. The number of fused-ring (bicyclic) bond motifs is 1. The first kappa shape index (κ1) is 20.1. The molecule has 2 aromatic rings. The first-order valence-electron chi connectivity index (χ1n) is 10.7. The third-order valence-electron chi connectivity index (χ3n) is 7.07. The summed E-state index contributed by atoms with van der Waals surface area (Å²) < 4.78 is 11.9. The number of piperidine rings is 1. The van der Waals surface area contributed by atoms with Crippen molar-refractivity contribution in [2.45, 2.75) is 58.5 Å². The fourth-order valence-corrected chi connectivity index (χ4v) is 5.08. The number of nitrogen functional groups attached to an aromatic ring is 1. The summed E-state index contributed by atoms with van der Waals surface area (Å²) in [6.45, 7) is 11.8. The Hall–Kier alpha value is -2.20.